The number of benzene rings is 3. The minimum atomic E-state index is -3.95. The van der Waals surface area contributed by atoms with E-state index in [1.54, 1.807) is 60.9 Å². The third-order valence-electron chi connectivity index (χ3n) is 6.22. The number of aromatic carboxylic acids is 1. The Kier molecular flexibility index (Phi) is 5.13. The van der Waals surface area contributed by atoms with Crippen molar-refractivity contribution >= 4 is 38.1 Å². The van der Waals surface area contributed by atoms with Crippen LogP contribution in [0.3, 0.4) is 0 Å². The molecule has 0 radical (unpaired) electrons. The summed E-state index contributed by atoms with van der Waals surface area (Å²) in [6.07, 6.45) is 3.13. The Balaban J connectivity index is 1.58. The predicted octanol–water partition coefficient (Wildman–Crippen LogP) is 5.15. The summed E-state index contributed by atoms with van der Waals surface area (Å²) >= 11 is 0. The molecular weight excluding hydrogens is 492 g/mol. The normalized spacial score (nSPS) is 11.8. The van der Waals surface area contributed by atoms with Gasteiger partial charge in [-0.25, -0.2) is 26.8 Å². The number of aryl methyl sites for hydroxylation is 1. The summed E-state index contributed by atoms with van der Waals surface area (Å²) in [5, 5.41) is 17.6. The average Bonchev–Trinajstić information content (AvgIpc) is 3.53. The highest BCUT2D eigenvalue weighted by atomic mass is 32.2. The van der Waals surface area contributed by atoms with Gasteiger partial charge in [0.15, 0.2) is 5.65 Å². The molecular formula is C27H18N4O5S. The first-order chi connectivity index (χ1) is 17.8. The van der Waals surface area contributed by atoms with Crippen molar-refractivity contribution in [2.75, 3.05) is 0 Å². The number of nitrogens with zero attached hydrogens (tertiary/aromatic N) is 4. The molecule has 182 valence electrons. The van der Waals surface area contributed by atoms with E-state index in [1.165, 1.54) is 16.1 Å². The van der Waals surface area contributed by atoms with Gasteiger partial charge in [0.25, 0.3) is 10.0 Å². The van der Waals surface area contributed by atoms with Crippen LogP contribution in [0, 0.1) is 6.92 Å². The number of hydrogen-bond acceptors (Lipinski definition) is 7. The van der Waals surface area contributed by atoms with E-state index >= 15 is 0 Å². The van der Waals surface area contributed by atoms with Gasteiger partial charge in [-0.3, -0.25) is 0 Å². The summed E-state index contributed by atoms with van der Waals surface area (Å²) in [5.41, 5.74) is 5.30. The molecule has 9 nitrogen and oxygen atoms in total. The van der Waals surface area contributed by atoms with Gasteiger partial charge in [0.05, 0.1) is 10.5 Å². The first-order valence-corrected chi connectivity index (χ1v) is 12.6. The van der Waals surface area contributed by atoms with E-state index in [9.17, 15) is 18.3 Å². The van der Waals surface area contributed by atoms with Crippen molar-refractivity contribution in [1.29, 1.82) is 0 Å². The third kappa shape index (κ3) is 3.83. The van der Waals surface area contributed by atoms with E-state index in [0.717, 1.165) is 11.1 Å². The van der Waals surface area contributed by atoms with Gasteiger partial charge in [0.1, 0.15) is 11.0 Å². The topological polar surface area (TPSA) is 128 Å². The summed E-state index contributed by atoms with van der Waals surface area (Å²) in [6.45, 7) is 1.89. The number of pyridine rings is 1. The number of fused-ring (bicyclic) bond motifs is 2. The van der Waals surface area contributed by atoms with Crippen molar-refractivity contribution < 1.29 is 22.9 Å². The fourth-order valence-electron chi connectivity index (χ4n) is 4.23. The van der Waals surface area contributed by atoms with Crippen LogP contribution in [0.25, 0.3) is 44.3 Å². The first-order valence-electron chi connectivity index (χ1n) is 11.2. The molecule has 3 aromatic carbocycles. The molecule has 0 saturated heterocycles. The molecule has 6 rings (SSSR count). The van der Waals surface area contributed by atoms with Crippen molar-refractivity contribution in [1.82, 2.24) is 19.3 Å². The number of carbonyl (C=O) groups is 1. The van der Waals surface area contributed by atoms with Gasteiger partial charge in [0, 0.05) is 28.9 Å². The Hall–Kier alpha value is -4.83. The molecule has 0 fully saturated rings. The summed E-state index contributed by atoms with van der Waals surface area (Å²) in [5.74, 6) is -1.02. The molecule has 0 saturated carbocycles. The molecule has 0 unspecified atom stereocenters. The third-order valence-corrected chi connectivity index (χ3v) is 7.88. The molecule has 0 atom stereocenters. The number of aromatic nitrogens is 4. The lowest BCUT2D eigenvalue weighted by atomic mass is 10.0. The molecule has 1 N–H and O–H groups in total. The second kappa shape index (κ2) is 8.38. The van der Waals surface area contributed by atoms with E-state index in [-0.39, 0.29) is 16.1 Å². The first kappa shape index (κ1) is 22.6. The van der Waals surface area contributed by atoms with Crippen LogP contribution in [0.4, 0.5) is 0 Å². The average molecular weight is 511 g/mol. The minimum Gasteiger partial charge on any atom is -0.478 e. The molecule has 0 aliphatic heterocycles. The standard InChI is InChI=1S/C27H18N4O5S/c1-16-2-9-21(10-3-16)37(34,35)31-15-23(19-8-11-24-25(13-19)30-36-29-24)22-12-20(14-28-26(22)31)17-4-6-18(7-5-17)27(32)33/h2-15H,1H3,(H,32,33). The molecule has 0 aliphatic carbocycles. The van der Waals surface area contributed by atoms with E-state index in [1.807, 2.05) is 19.1 Å². The predicted molar refractivity (Wildman–Crippen MR) is 137 cm³/mol. The van der Waals surface area contributed by atoms with E-state index in [0.29, 0.717) is 33.1 Å². The van der Waals surface area contributed by atoms with Crippen LogP contribution in [-0.2, 0) is 10.0 Å². The highest BCUT2D eigenvalue weighted by Gasteiger charge is 2.23. The highest BCUT2D eigenvalue weighted by Crippen LogP contribution is 2.35. The lowest BCUT2D eigenvalue weighted by Crippen LogP contribution is -2.12. The Bertz CT molecular complexity index is 1920. The zero-order valence-corrected chi connectivity index (χ0v) is 20.2. The van der Waals surface area contributed by atoms with Crippen LogP contribution in [0.1, 0.15) is 15.9 Å². The van der Waals surface area contributed by atoms with Crippen LogP contribution in [0.2, 0.25) is 0 Å². The zero-order chi connectivity index (χ0) is 25.7. The lowest BCUT2D eigenvalue weighted by Gasteiger charge is -2.08. The van der Waals surface area contributed by atoms with Crippen molar-refractivity contribution in [3.8, 4) is 22.3 Å². The highest BCUT2D eigenvalue weighted by molar-refractivity contribution is 7.90. The summed E-state index contributed by atoms with van der Waals surface area (Å²) < 4.78 is 33.3. The molecule has 10 heteroatoms. The second-order valence-electron chi connectivity index (χ2n) is 8.60. The Morgan fingerprint density at radius 1 is 0.865 bits per heavy atom. The van der Waals surface area contributed by atoms with Gasteiger partial charge in [0.2, 0.25) is 0 Å². The van der Waals surface area contributed by atoms with Crippen molar-refractivity contribution in [3.05, 3.63) is 96.3 Å². The Morgan fingerprint density at radius 2 is 1.57 bits per heavy atom. The lowest BCUT2D eigenvalue weighted by molar-refractivity contribution is 0.0697. The van der Waals surface area contributed by atoms with Crippen molar-refractivity contribution in [3.63, 3.8) is 0 Å². The monoisotopic (exact) mass is 510 g/mol. The molecule has 3 aromatic heterocycles. The SMILES string of the molecule is Cc1ccc(S(=O)(=O)n2cc(-c3ccc4nonc4c3)c3cc(-c4ccc(C(=O)O)cc4)cnc32)cc1. The maximum absolute atomic E-state index is 13.7. The number of rotatable bonds is 5. The number of carboxylic acids is 1. The maximum Gasteiger partial charge on any atom is 0.335 e. The van der Waals surface area contributed by atoms with Crippen LogP contribution < -0.4 is 0 Å². The van der Waals surface area contributed by atoms with Gasteiger partial charge in [-0.1, -0.05) is 35.9 Å². The fourth-order valence-corrected chi connectivity index (χ4v) is 5.55. The summed E-state index contributed by atoms with van der Waals surface area (Å²) in [4.78, 5) is 15.9. The number of carboxylic acid groups (broad SMARTS) is 1. The van der Waals surface area contributed by atoms with Crippen LogP contribution >= 0.6 is 0 Å². The largest absolute Gasteiger partial charge is 0.478 e. The van der Waals surface area contributed by atoms with E-state index in [4.69, 9.17) is 4.63 Å². The van der Waals surface area contributed by atoms with Gasteiger partial charge in [-0.05, 0) is 70.8 Å². The molecule has 0 amide bonds. The summed E-state index contributed by atoms with van der Waals surface area (Å²) in [6, 6.07) is 20.2. The van der Waals surface area contributed by atoms with E-state index < -0.39 is 16.0 Å². The maximum atomic E-state index is 13.7. The quantitative estimate of drug-likeness (QED) is 0.337. The van der Waals surface area contributed by atoms with Gasteiger partial charge in [-0.2, -0.15) is 0 Å². The van der Waals surface area contributed by atoms with Crippen molar-refractivity contribution in [2.24, 2.45) is 0 Å². The Labute approximate surface area is 210 Å². The van der Waals surface area contributed by atoms with Gasteiger partial charge in [-0.15, -0.1) is 0 Å². The molecule has 0 bridgehead atoms. The molecule has 0 aliphatic rings. The fraction of sp³-hybridized carbons (Fsp3) is 0.0370. The van der Waals surface area contributed by atoms with Crippen LogP contribution in [0.5, 0.6) is 0 Å². The summed E-state index contributed by atoms with van der Waals surface area (Å²) in [7, 11) is -3.95. The smallest absolute Gasteiger partial charge is 0.335 e. The molecule has 0 spiro atoms. The molecule has 37 heavy (non-hydrogen) atoms. The molecule has 3 heterocycles. The Morgan fingerprint density at radius 3 is 2.30 bits per heavy atom. The van der Waals surface area contributed by atoms with Crippen molar-refractivity contribution in [2.45, 2.75) is 11.8 Å². The van der Waals surface area contributed by atoms with Gasteiger partial charge < -0.3 is 5.11 Å². The zero-order valence-electron chi connectivity index (χ0n) is 19.4. The van der Waals surface area contributed by atoms with Crippen LogP contribution in [-0.4, -0.2) is 38.8 Å². The molecule has 6 aromatic rings. The van der Waals surface area contributed by atoms with Crippen LogP contribution in [0.15, 0.2) is 94.7 Å². The number of hydrogen-bond donors (Lipinski definition) is 1. The van der Waals surface area contributed by atoms with E-state index in [2.05, 4.69) is 15.3 Å². The second-order valence-corrected chi connectivity index (χ2v) is 10.4. The van der Waals surface area contributed by atoms with Gasteiger partial charge >= 0.3 is 5.97 Å². The minimum absolute atomic E-state index is 0.146.